The molecule has 2 nitrogen and oxygen atoms in total. The average Bonchev–Trinajstić information content (AvgIpc) is 3.06. The van der Waals surface area contributed by atoms with Crippen LogP contribution in [0.1, 0.15) is 15.2 Å². The van der Waals surface area contributed by atoms with Crippen LogP contribution in [0.15, 0.2) is 65.6 Å². The summed E-state index contributed by atoms with van der Waals surface area (Å²) in [5, 5.41) is 0. The smallest absolute Gasteiger partial charge is 0.268 e. The van der Waals surface area contributed by atoms with Gasteiger partial charge in [0.2, 0.25) is 0 Å². The van der Waals surface area contributed by atoms with Crippen molar-refractivity contribution >= 4 is 34.7 Å². The van der Waals surface area contributed by atoms with Gasteiger partial charge in [-0.1, -0.05) is 36.4 Å². The Hall–Kier alpha value is -2.04. The first-order valence-electron chi connectivity index (χ1n) is 7.42. The van der Waals surface area contributed by atoms with Gasteiger partial charge in [-0.15, -0.1) is 23.1 Å². The molecule has 4 rings (SSSR count). The molecule has 4 heteroatoms. The number of nitrogens with zero attached hydrogens (tertiary/aromatic N) is 1. The van der Waals surface area contributed by atoms with Crippen molar-refractivity contribution in [1.29, 1.82) is 0 Å². The standard InChI is InChI=1S/C19H15NOS2/c1-20(14-7-3-2-4-8-14)19(21)17-11-13-12-22-16-10-6-5-9-15(16)18(13)23-17/h2-11H,12H2,1H3. The quantitative estimate of drug-likeness (QED) is 0.632. The fourth-order valence-corrected chi connectivity index (χ4v) is 5.13. The lowest BCUT2D eigenvalue weighted by molar-refractivity contribution is 0.0997. The van der Waals surface area contributed by atoms with E-state index >= 15 is 0 Å². The number of para-hydroxylation sites is 1. The summed E-state index contributed by atoms with van der Waals surface area (Å²) >= 11 is 3.45. The molecule has 0 radical (unpaired) electrons. The SMILES string of the molecule is CN(C(=O)c1cc2c(s1)-c1ccccc1SC2)c1ccccc1. The van der Waals surface area contributed by atoms with E-state index in [0.29, 0.717) is 0 Å². The molecule has 3 aromatic rings. The molecule has 0 fully saturated rings. The zero-order valence-corrected chi connectivity index (χ0v) is 14.3. The molecule has 0 unspecified atom stereocenters. The van der Waals surface area contributed by atoms with Crippen molar-refractivity contribution in [3.8, 4) is 10.4 Å². The Bertz CT molecular complexity index is 870. The van der Waals surface area contributed by atoms with E-state index in [-0.39, 0.29) is 5.91 Å². The summed E-state index contributed by atoms with van der Waals surface area (Å²) in [6, 6.07) is 20.3. The number of rotatable bonds is 2. The molecule has 0 N–H and O–H groups in total. The second kappa shape index (κ2) is 5.87. The maximum absolute atomic E-state index is 12.8. The van der Waals surface area contributed by atoms with Gasteiger partial charge >= 0.3 is 0 Å². The van der Waals surface area contributed by atoms with E-state index in [4.69, 9.17) is 0 Å². The molecule has 0 aliphatic carbocycles. The first-order chi connectivity index (χ1) is 11.2. The molecule has 1 aliphatic heterocycles. The Morgan fingerprint density at radius 1 is 1.04 bits per heavy atom. The fourth-order valence-electron chi connectivity index (χ4n) is 2.74. The Balaban J connectivity index is 1.70. The Kier molecular flexibility index (Phi) is 3.71. The van der Waals surface area contributed by atoms with Gasteiger partial charge in [0.25, 0.3) is 5.91 Å². The van der Waals surface area contributed by atoms with Crippen LogP contribution in [0.4, 0.5) is 5.69 Å². The van der Waals surface area contributed by atoms with Crippen LogP contribution < -0.4 is 4.90 Å². The van der Waals surface area contributed by atoms with Crippen molar-refractivity contribution < 1.29 is 4.79 Å². The highest BCUT2D eigenvalue weighted by Gasteiger charge is 2.23. The molecule has 23 heavy (non-hydrogen) atoms. The molecular weight excluding hydrogens is 322 g/mol. The van der Waals surface area contributed by atoms with Gasteiger partial charge in [-0.05, 0) is 29.8 Å². The molecule has 0 bridgehead atoms. The van der Waals surface area contributed by atoms with Crippen molar-refractivity contribution in [2.24, 2.45) is 0 Å². The number of benzene rings is 2. The van der Waals surface area contributed by atoms with Gasteiger partial charge in [0.05, 0.1) is 4.88 Å². The molecule has 0 saturated heterocycles. The summed E-state index contributed by atoms with van der Waals surface area (Å²) < 4.78 is 0. The van der Waals surface area contributed by atoms with Crippen LogP contribution in [0.2, 0.25) is 0 Å². The van der Waals surface area contributed by atoms with Gasteiger partial charge in [-0.2, -0.15) is 0 Å². The zero-order valence-electron chi connectivity index (χ0n) is 12.7. The van der Waals surface area contributed by atoms with E-state index in [1.54, 1.807) is 16.2 Å². The first kappa shape index (κ1) is 14.5. The fraction of sp³-hybridized carbons (Fsp3) is 0.105. The average molecular weight is 337 g/mol. The topological polar surface area (TPSA) is 20.3 Å². The van der Waals surface area contributed by atoms with Gasteiger partial charge < -0.3 is 4.90 Å². The Labute approximate surface area is 143 Å². The highest BCUT2D eigenvalue weighted by molar-refractivity contribution is 7.98. The third-order valence-corrected chi connectivity index (χ3v) is 6.30. The molecule has 2 aromatic carbocycles. The summed E-state index contributed by atoms with van der Waals surface area (Å²) in [4.78, 5) is 17.9. The molecule has 114 valence electrons. The second-order valence-electron chi connectivity index (χ2n) is 5.45. The molecule has 0 atom stereocenters. The minimum Gasteiger partial charge on any atom is -0.311 e. The molecule has 2 heterocycles. The number of thioether (sulfide) groups is 1. The summed E-state index contributed by atoms with van der Waals surface area (Å²) in [6.07, 6.45) is 0. The second-order valence-corrected chi connectivity index (χ2v) is 7.52. The van der Waals surface area contributed by atoms with Gasteiger partial charge in [0.15, 0.2) is 0 Å². The van der Waals surface area contributed by atoms with Crippen LogP contribution in [-0.4, -0.2) is 13.0 Å². The molecule has 0 saturated carbocycles. The highest BCUT2D eigenvalue weighted by atomic mass is 32.2. The first-order valence-corrected chi connectivity index (χ1v) is 9.22. The van der Waals surface area contributed by atoms with E-state index in [1.807, 2.05) is 49.1 Å². The number of amides is 1. The van der Waals surface area contributed by atoms with Crippen LogP contribution in [-0.2, 0) is 5.75 Å². The lowest BCUT2D eigenvalue weighted by Gasteiger charge is -2.16. The van der Waals surface area contributed by atoms with Gasteiger partial charge in [0, 0.05) is 33.8 Å². The van der Waals surface area contributed by atoms with Crippen molar-refractivity contribution in [3.05, 3.63) is 71.1 Å². The third kappa shape index (κ3) is 2.58. The van der Waals surface area contributed by atoms with Crippen LogP contribution in [0.5, 0.6) is 0 Å². The number of fused-ring (bicyclic) bond motifs is 3. The van der Waals surface area contributed by atoms with E-state index in [0.717, 1.165) is 16.3 Å². The molecule has 0 spiro atoms. The van der Waals surface area contributed by atoms with Gasteiger partial charge in [-0.3, -0.25) is 4.79 Å². The number of carbonyl (C=O) groups excluding carboxylic acids is 1. The van der Waals surface area contributed by atoms with E-state index in [1.165, 1.54) is 20.9 Å². The summed E-state index contributed by atoms with van der Waals surface area (Å²) in [5.41, 5.74) is 3.44. The normalized spacial score (nSPS) is 12.4. The van der Waals surface area contributed by atoms with Crippen molar-refractivity contribution in [3.63, 3.8) is 0 Å². The number of hydrogen-bond acceptors (Lipinski definition) is 3. The monoisotopic (exact) mass is 337 g/mol. The summed E-state index contributed by atoms with van der Waals surface area (Å²) in [6.45, 7) is 0. The highest BCUT2D eigenvalue weighted by Crippen LogP contribution is 2.45. The summed E-state index contributed by atoms with van der Waals surface area (Å²) in [7, 11) is 1.83. The Morgan fingerprint density at radius 2 is 1.78 bits per heavy atom. The van der Waals surface area contributed by atoms with Gasteiger partial charge in [0.1, 0.15) is 0 Å². The maximum atomic E-state index is 12.8. The lowest BCUT2D eigenvalue weighted by atomic mass is 10.1. The number of hydrogen-bond donors (Lipinski definition) is 0. The van der Waals surface area contributed by atoms with Crippen LogP contribution >= 0.6 is 23.1 Å². The predicted octanol–water partition coefficient (Wildman–Crippen LogP) is 5.30. The molecule has 1 amide bonds. The van der Waals surface area contributed by atoms with Crippen molar-refractivity contribution in [1.82, 2.24) is 0 Å². The maximum Gasteiger partial charge on any atom is 0.268 e. The number of thiophene rings is 1. The number of anilines is 1. The van der Waals surface area contributed by atoms with E-state index < -0.39 is 0 Å². The van der Waals surface area contributed by atoms with Crippen LogP contribution in [0.3, 0.4) is 0 Å². The minimum absolute atomic E-state index is 0.0538. The molecule has 1 aromatic heterocycles. The van der Waals surface area contributed by atoms with Crippen molar-refractivity contribution in [2.75, 3.05) is 11.9 Å². The predicted molar refractivity (Wildman–Crippen MR) is 98.5 cm³/mol. The summed E-state index contributed by atoms with van der Waals surface area (Å²) in [5.74, 6) is 0.989. The largest absolute Gasteiger partial charge is 0.311 e. The van der Waals surface area contributed by atoms with E-state index in [9.17, 15) is 4.79 Å². The molecule has 1 aliphatic rings. The minimum atomic E-state index is 0.0538. The van der Waals surface area contributed by atoms with Crippen LogP contribution in [0.25, 0.3) is 10.4 Å². The van der Waals surface area contributed by atoms with Crippen molar-refractivity contribution in [2.45, 2.75) is 10.6 Å². The van der Waals surface area contributed by atoms with E-state index in [2.05, 4.69) is 30.3 Å². The lowest BCUT2D eigenvalue weighted by Crippen LogP contribution is -2.25. The Morgan fingerprint density at radius 3 is 2.61 bits per heavy atom. The molecular formula is C19H15NOS2. The third-order valence-electron chi connectivity index (χ3n) is 3.98. The van der Waals surface area contributed by atoms with Gasteiger partial charge in [-0.25, -0.2) is 0 Å². The zero-order chi connectivity index (χ0) is 15.8. The number of carbonyl (C=O) groups is 1. The van der Waals surface area contributed by atoms with Crippen LogP contribution in [0, 0.1) is 0 Å².